The summed E-state index contributed by atoms with van der Waals surface area (Å²) in [6, 6.07) is 54.0. The lowest BCUT2D eigenvalue weighted by atomic mass is 10.0. The maximum absolute atomic E-state index is 5.23. The third-order valence-corrected chi connectivity index (χ3v) is 10.8. The van der Waals surface area contributed by atoms with E-state index >= 15 is 0 Å². The smallest absolute Gasteiger partial charge is 0.132 e. The lowest BCUT2D eigenvalue weighted by Gasteiger charge is -2.41. The average Bonchev–Trinajstić information content (AvgIpc) is 3.72. The van der Waals surface area contributed by atoms with E-state index in [1.807, 2.05) is 0 Å². The Morgan fingerprint density at radius 2 is 1.17 bits per heavy atom. The number of aliphatic imine (C=N–C) groups is 1. The molecule has 1 N–H and O–H groups in total. The molecular weight excluding hydrogens is 637 g/mol. The van der Waals surface area contributed by atoms with Gasteiger partial charge >= 0.3 is 0 Å². The summed E-state index contributed by atoms with van der Waals surface area (Å²) in [5, 5.41) is 8.82. The zero-order valence-corrected chi connectivity index (χ0v) is 29.1. The van der Waals surface area contributed by atoms with Crippen LogP contribution in [0.1, 0.15) is 23.5 Å². The van der Waals surface area contributed by atoms with Gasteiger partial charge < -0.3 is 19.4 Å². The Bertz CT molecular complexity index is 2700. The normalized spacial score (nSPS) is 19.3. The molecule has 0 radical (unpaired) electrons. The monoisotopic (exact) mass is 674 g/mol. The fourth-order valence-electron chi connectivity index (χ4n) is 8.40. The Hall–Kier alpha value is -6.37. The third kappa shape index (κ3) is 4.72. The third-order valence-electron chi connectivity index (χ3n) is 10.8. The maximum atomic E-state index is 5.23. The summed E-state index contributed by atoms with van der Waals surface area (Å²) in [6.45, 7) is 0. The molecule has 0 aliphatic carbocycles. The molecule has 52 heavy (non-hydrogen) atoms. The number of hydrogen-bond donors (Lipinski definition) is 1. The molecule has 0 bridgehead atoms. The van der Waals surface area contributed by atoms with Crippen molar-refractivity contribution in [2.75, 3.05) is 14.1 Å². The molecule has 0 saturated heterocycles. The van der Waals surface area contributed by atoms with E-state index < -0.39 is 0 Å². The molecule has 252 valence electrons. The van der Waals surface area contributed by atoms with E-state index in [2.05, 4.69) is 208 Å². The fraction of sp³-hybridized carbons (Fsp3) is 0.109. The van der Waals surface area contributed by atoms with Gasteiger partial charge in [0.2, 0.25) is 0 Å². The predicted molar refractivity (Wildman–Crippen MR) is 215 cm³/mol. The SMILES string of the molecule is CN1C=C(C2NC(c3ccccc3)=NC(c3ccccc3)N2C)C=CC1n1c2ccccc2c2ccc3c4ccccc4n(-c4ccccc4)c3c21. The van der Waals surface area contributed by atoms with Crippen molar-refractivity contribution in [3.8, 4) is 5.69 Å². The minimum Gasteiger partial charge on any atom is -0.357 e. The molecule has 4 heterocycles. The van der Waals surface area contributed by atoms with Crippen molar-refractivity contribution in [1.82, 2.24) is 24.3 Å². The molecule has 0 amide bonds. The first kappa shape index (κ1) is 30.5. The largest absolute Gasteiger partial charge is 0.357 e. The van der Waals surface area contributed by atoms with Crippen molar-refractivity contribution >= 4 is 49.4 Å². The topological polar surface area (TPSA) is 40.7 Å². The van der Waals surface area contributed by atoms with Crippen LogP contribution in [-0.2, 0) is 0 Å². The number of aromatic nitrogens is 2. The van der Waals surface area contributed by atoms with Gasteiger partial charge in [-0.05, 0) is 43.0 Å². The van der Waals surface area contributed by atoms with Crippen LogP contribution in [0.15, 0.2) is 181 Å². The lowest BCUT2D eigenvalue weighted by molar-refractivity contribution is 0.174. The van der Waals surface area contributed by atoms with Crippen LogP contribution in [0.3, 0.4) is 0 Å². The van der Waals surface area contributed by atoms with Gasteiger partial charge in [-0.1, -0.05) is 133 Å². The summed E-state index contributed by atoms with van der Waals surface area (Å²) in [6.07, 6.45) is 6.69. The van der Waals surface area contributed by atoms with E-state index in [1.165, 1.54) is 54.7 Å². The highest BCUT2D eigenvalue weighted by Crippen LogP contribution is 2.43. The molecule has 2 aliphatic heterocycles. The molecule has 6 aromatic carbocycles. The van der Waals surface area contributed by atoms with Crippen molar-refractivity contribution < 1.29 is 0 Å². The number of amidine groups is 1. The van der Waals surface area contributed by atoms with Gasteiger partial charge in [0.05, 0.1) is 22.1 Å². The summed E-state index contributed by atoms with van der Waals surface area (Å²) >= 11 is 0. The van der Waals surface area contributed by atoms with Gasteiger partial charge in [0.15, 0.2) is 0 Å². The lowest BCUT2D eigenvalue weighted by Crippen LogP contribution is -2.53. The van der Waals surface area contributed by atoms with Crippen molar-refractivity contribution in [2.45, 2.75) is 18.5 Å². The number of benzene rings is 6. The molecule has 0 saturated carbocycles. The van der Waals surface area contributed by atoms with E-state index in [-0.39, 0.29) is 18.5 Å². The Kier molecular flexibility index (Phi) is 7.11. The first-order chi connectivity index (χ1) is 25.7. The summed E-state index contributed by atoms with van der Waals surface area (Å²) in [7, 11) is 4.36. The minimum absolute atomic E-state index is 0.0555. The van der Waals surface area contributed by atoms with Crippen molar-refractivity contribution in [3.63, 3.8) is 0 Å². The van der Waals surface area contributed by atoms with E-state index in [9.17, 15) is 0 Å². The van der Waals surface area contributed by atoms with Crippen molar-refractivity contribution in [2.24, 2.45) is 4.99 Å². The van der Waals surface area contributed by atoms with Crippen LogP contribution in [0.25, 0.3) is 49.3 Å². The Morgan fingerprint density at radius 1 is 0.577 bits per heavy atom. The number of rotatable bonds is 5. The highest BCUT2D eigenvalue weighted by atomic mass is 15.4. The van der Waals surface area contributed by atoms with Crippen LogP contribution < -0.4 is 5.32 Å². The molecule has 2 aliphatic rings. The molecule has 8 aromatic rings. The second kappa shape index (κ2) is 12.1. The highest BCUT2D eigenvalue weighted by molar-refractivity contribution is 6.23. The fourth-order valence-corrected chi connectivity index (χ4v) is 8.40. The first-order valence-corrected chi connectivity index (χ1v) is 17.9. The number of likely N-dealkylation sites (N-methyl/N-ethyl adjacent to an activating group) is 2. The standard InChI is InChI=1S/C46H38N6/c1-49-30-33(46-48-44(31-16-6-3-7-17-31)47-45(50(46)2)32-18-8-4-9-19-32)26-29-41(49)52-40-25-15-13-23-36(40)38-28-27-37-35-22-12-14-24-39(35)51(42(37)43(38)52)34-20-10-5-11-21-34/h3-30,41,45-46H,1-2H3,(H,47,48). The van der Waals surface area contributed by atoms with Crippen LogP contribution in [0, 0.1) is 0 Å². The molecule has 6 nitrogen and oxygen atoms in total. The Labute approximate surface area is 302 Å². The zero-order valence-electron chi connectivity index (χ0n) is 29.1. The van der Waals surface area contributed by atoms with Gasteiger partial charge in [-0.25, -0.2) is 4.99 Å². The van der Waals surface area contributed by atoms with Gasteiger partial charge in [-0.2, -0.15) is 0 Å². The van der Waals surface area contributed by atoms with Crippen LogP contribution in [0.2, 0.25) is 0 Å². The summed E-state index contributed by atoms with van der Waals surface area (Å²) in [5.74, 6) is 0.898. The second-order valence-corrected chi connectivity index (χ2v) is 13.8. The van der Waals surface area contributed by atoms with E-state index in [4.69, 9.17) is 4.99 Å². The molecule has 3 atom stereocenters. The average molecular weight is 675 g/mol. The van der Waals surface area contributed by atoms with Gasteiger partial charge in [0, 0.05) is 51.6 Å². The number of fused-ring (bicyclic) bond motifs is 7. The molecule has 0 fully saturated rings. The highest BCUT2D eigenvalue weighted by Gasteiger charge is 2.34. The van der Waals surface area contributed by atoms with E-state index in [0.29, 0.717) is 0 Å². The van der Waals surface area contributed by atoms with Gasteiger partial charge in [-0.15, -0.1) is 0 Å². The van der Waals surface area contributed by atoms with Crippen LogP contribution in [0.4, 0.5) is 0 Å². The molecule has 3 unspecified atom stereocenters. The summed E-state index contributed by atoms with van der Waals surface area (Å²) < 4.78 is 4.99. The van der Waals surface area contributed by atoms with Crippen LogP contribution >= 0.6 is 0 Å². The Balaban J connectivity index is 1.13. The molecule has 6 heteroatoms. The van der Waals surface area contributed by atoms with Crippen LogP contribution in [0.5, 0.6) is 0 Å². The number of nitrogens with one attached hydrogen (secondary N) is 1. The molecule has 10 rings (SSSR count). The van der Waals surface area contributed by atoms with Gasteiger partial charge in [0.1, 0.15) is 24.3 Å². The minimum atomic E-state index is -0.134. The quantitative estimate of drug-likeness (QED) is 0.198. The van der Waals surface area contributed by atoms with Crippen molar-refractivity contribution in [1.29, 1.82) is 0 Å². The van der Waals surface area contributed by atoms with Crippen LogP contribution in [-0.4, -0.2) is 45.0 Å². The first-order valence-electron chi connectivity index (χ1n) is 17.9. The van der Waals surface area contributed by atoms with E-state index in [1.54, 1.807) is 0 Å². The number of hydrogen-bond acceptors (Lipinski definition) is 4. The number of nitrogens with zero attached hydrogens (tertiary/aromatic N) is 5. The van der Waals surface area contributed by atoms with E-state index in [0.717, 1.165) is 17.1 Å². The molecular formula is C46H38N6. The summed E-state index contributed by atoms with van der Waals surface area (Å²) in [5.41, 5.74) is 9.45. The second-order valence-electron chi connectivity index (χ2n) is 13.8. The summed E-state index contributed by atoms with van der Waals surface area (Å²) in [4.78, 5) is 9.92. The number of para-hydroxylation sites is 3. The molecule has 2 aromatic heterocycles. The van der Waals surface area contributed by atoms with Crippen molar-refractivity contribution in [3.05, 3.63) is 187 Å². The maximum Gasteiger partial charge on any atom is 0.132 e. The zero-order chi connectivity index (χ0) is 34.8. The van der Waals surface area contributed by atoms with Gasteiger partial charge in [0.25, 0.3) is 0 Å². The predicted octanol–water partition coefficient (Wildman–Crippen LogP) is 9.78. The molecule has 0 spiro atoms. The van der Waals surface area contributed by atoms with Gasteiger partial charge in [-0.3, -0.25) is 4.90 Å². The Morgan fingerprint density at radius 3 is 1.88 bits per heavy atom.